The van der Waals surface area contributed by atoms with Crippen molar-refractivity contribution in [3.05, 3.63) is 140 Å². The molecule has 0 aliphatic carbocycles. The third-order valence-electron chi connectivity index (χ3n) is 8.18. The summed E-state index contributed by atoms with van der Waals surface area (Å²) in [4.78, 5) is 15.2. The minimum atomic E-state index is 0.605. The summed E-state index contributed by atoms with van der Waals surface area (Å²) in [6.07, 6.45) is 1.85. The summed E-state index contributed by atoms with van der Waals surface area (Å²) in [6, 6.07) is 46.3. The summed E-state index contributed by atoms with van der Waals surface area (Å²) in [7, 11) is 0. The monoisotopic (exact) mass is 537 g/mol. The quantitative estimate of drug-likeness (QED) is 0.226. The Morgan fingerprint density at radius 2 is 1.19 bits per heavy atom. The largest absolute Gasteiger partial charge is 0.309 e. The molecule has 9 aromatic rings. The van der Waals surface area contributed by atoms with Gasteiger partial charge < -0.3 is 4.57 Å². The topological polar surface area (TPSA) is 48.5 Å². The van der Waals surface area contributed by atoms with Crippen LogP contribution in [0, 0.1) is 0 Å². The zero-order chi connectivity index (χ0) is 27.6. The van der Waals surface area contributed by atoms with Gasteiger partial charge in [0.1, 0.15) is 5.65 Å². The highest BCUT2D eigenvalue weighted by Gasteiger charge is 2.23. The number of rotatable bonds is 3. The maximum absolute atomic E-state index is 5.22. The van der Waals surface area contributed by atoms with Gasteiger partial charge in [-0.2, -0.15) is 0 Å². The molecule has 5 heteroatoms. The van der Waals surface area contributed by atoms with Crippen molar-refractivity contribution in [2.45, 2.75) is 0 Å². The molecule has 0 atom stereocenters. The van der Waals surface area contributed by atoms with Crippen molar-refractivity contribution in [3.8, 4) is 22.9 Å². The van der Waals surface area contributed by atoms with Crippen molar-refractivity contribution in [1.82, 2.24) is 24.1 Å². The van der Waals surface area contributed by atoms with Gasteiger partial charge in [-0.1, -0.05) is 91.0 Å². The lowest BCUT2D eigenvalue weighted by atomic mass is 10.1. The normalized spacial score (nSPS) is 11.8. The summed E-state index contributed by atoms with van der Waals surface area (Å²) in [6.45, 7) is 0. The van der Waals surface area contributed by atoms with Crippen LogP contribution in [0.2, 0.25) is 0 Å². The SMILES string of the molecule is c1ccc(-c2nc(-n3c4ccc5c6ccccc6n(-c6ccccc6)c5c4c4cccnc43)nc3ccccc23)cc1. The standard InChI is InChI=1S/C37H23N5/c1-3-12-24(13-4-1)34-28-17-7-9-19-30(28)39-37(40-34)42-32-22-21-27-26-16-8-10-20-31(26)41(25-14-5-2-6-15-25)35(27)33(32)29-18-11-23-38-36(29)42/h1-23H. The van der Waals surface area contributed by atoms with Crippen LogP contribution < -0.4 is 0 Å². The number of hydrogen-bond donors (Lipinski definition) is 0. The summed E-state index contributed by atoms with van der Waals surface area (Å²) in [5.74, 6) is 0.605. The number of nitrogens with zero attached hydrogens (tertiary/aromatic N) is 5. The average Bonchev–Trinajstić information content (AvgIpc) is 3.58. The summed E-state index contributed by atoms with van der Waals surface area (Å²) in [5.41, 5.74) is 8.15. The molecule has 0 fully saturated rings. The highest BCUT2D eigenvalue weighted by Crippen LogP contribution is 2.41. The minimum Gasteiger partial charge on any atom is -0.309 e. The minimum absolute atomic E-state index is 0.605. The number of para-hydroxylation sites is 3. The van der Waals surface area contributed by atoms with Crippen molar-refractivity contribution in [3.63, 3.8) is 0 Å². The van der Waals surface area contributed by atoms with Crippen LogP contribution in [0.4, 0.5) is 0 Å². The highest BCUT2D eigenvalue weighted by molar-refractivity contribution is 6.25. The van der Waals surface area contributed by atoms with E-state index < -0.39 is 0 Å². The number of fused-ring (bicyclic) bond motifs is 8. The smallest absolute Gasteiger partial charge is 0.237 e. The Balaban J connectivity index is 1.46. The molecule has 0 saturated heterocycles. The van der Waals surface area contributed by atoms with Crippen LogP contribution in [0.25, 0.3) is 77.5 Å². The van der Waals surface area contributed by atoms with E-state index >= 15 is 0 Å². The molecule has 0 N–H and O–H groups in total. The van der Waals surface area contributed by atoms with Crippen molar-refractivity contribution in [2.75, 3.05) is 0 Å². The van der Waals surface area contributed by atoms with Gasteiger partial charge in [0.15, 0.2) is 0 Å². The van der Waals surface area contributed by atoms with Crippen molar-refractivity contribution in [1.29, 1.82) is 0 Å². The number of aromatic nitrogens is 5. The van der Waals surface area contributed by atoms with Gasteiger partial charge in [-0.15, -0.1) is 0 Å². The Morgan fingerprint density at radius 1 is 0.476 bits per heavy atom. The van der Waals surface area contributed by atoms with E-state index in [1.807, 2.05) is 42.6 Å². The molecule has 0 saturated carbocycles. The third kappa shape index (κ3) is 3.22. The maximum atomic E-state index is 5.22. The van der Waals surface area contributed by atoms with Gasteiger partial charge in [0.05, 0.1) is 27.8 Å². The zero-order valence-electron chi connectivity index (χ0n) is 22.5. The van der Waals surface area contributed by atoms with Crippen LogP contribution in [0.5, 0.6) is 0 Å². The first-order chi connectivity index (χ1) is 20.9. The van der Waals surface area contributed by atoms with Gasteiger partial charge in [0, 0.05) is 44.4 Å². The van der Waals surface area contributed by atoms with E-state index in [-0.39, 0.29) is 0 Å². The summed E-state index contributed by atoms with van der Waals surface area (Å²) >= 11 is 0. The predicted octanol–water partition coefficient (Wildman–Crippen LogP) is 8.89. The number of pyridine rings is 1. The second-order valence-electron chi connectivity index (χ2n) is 10.5. The van der Waals surface area contributed by atoms with Gasteiger partial charge in [-0.3, -0.25) is 4.57 Å². The fraction of sp³-hybridized carbons (Fsp3) is 0. The molecule has 42 heavy (non-hydrogen) atoms. The van der Waals surface area contributed by atoms with Crippen molar-refractivity contribution in [2.24, 2.45) is 0 Å². The molecule has 0 unspecified atom stereocenters. The lowest BCUT2D eigenvalue weighted by Gasteiger charge is -2.11. The van der Waals surface area contributed by atoms with Gasteiger partial charge in [-0.25, -0.2) is 15.0 Å². The first kappa shape index (κ1) is 22.9. The van der Waals surface area contributed by atoms with E-state index in [0.717, 1.165) is 55.3 Å². The molecule has 0 spiro atoms. The summed E-state index contributed by atoms with van der Waals surface area (Å²) < 4.78 is 4.50. The molecule has 0 aliphatic heterocycles. The molecular formula is C37H23N5. The van der Waals surface area contributed by atoms with Crippen LogP contribution >= 0.6 is 0 Å². The molecule has 0 aliphatic rings. The molecule has 196 valence electrons. The summed E-state index contributed by atoms with van der Waals surface area (Å²) in [5, 5.41) is 5.64. The highest BCUT2D eigenvalue weighted by atomic mass is 15.2. The van der Waals surface area contributed by atoms with Crippen molar-refractivity contribution >= 4 is 54.6 Å². The second-order valence-corrected chi connectivity index (χ2v) is 10.5. The number of hydrogen-bond acceptors (Lipinski definition) is 3. The molecule has 0 radical (unpaired) electrons. The molecule has 5 nitrogen and oxygen atoms in total. The molecule has 5 aromatic carbocycles. The Bertz CT molecular complexity index is 2450. The van der Waals surface area contributed by atoms with Crippen LogP contribution in [0.3, 0.4) is 0 Å². The Labute approximate surface area is 241 Å². The van der Waals surface area contributed by atoms with Crippen LogP contribution in [0.1, 0.15) is 0 Å². The zero-order valence-corrected chi connectivity index (χ0v) is 22.5. The van der Waals surface area contributed by atoms with E-state index in [1.165, 1.54) is 16.3 Å². The predicted molar refractivity (Wildman–Crippen MR) is 171 cm³/mol. The first-order valence-electron chi connectivity index (χ1n) is 14.1. The van der Waals surface area contributed by atoms with E-state index in [2.05, 4.69) is 106 Å². The number of benzene rings is 5. The Kier molecular flexibility index (Phi) is 4.83. The van der Waals surface area contributed by atoms with Gasteiger partial charge in [0.2, 0.25) is 5.95 Å². The van der Waals surface area contributed by atoms with Crippen LogP contribution in [-0.4, -0.2) is 24.1 Å². The molecule has 4 aromatic heterocycles. The van der Waals surface area contributed by atoms with Gasteiger partial charge in [-0.05, 0) is 42.5 Å². The second kappa shape index (κ2) is 8.85. The van der Waals surface area contributed by atoms with E-state index in [0.29, 0.717) is 5.95 Å². The van der Waals surface area contributed by atoms with E-state index in [9.17, 15) is 0 Å². The van der Waals surface area contributed by atoms with Gasteiger partial charge in [0.25, 0.3) is 0 Å². The van der Waals surface area contributed by atoms with E-state index in [1.54, 1.807) is 0 Å². The Morgan fingerprint density at radius 3 is 2.05 bits per heavy atom. The third-order valence-corrected chi connectivity index (χ3v) is 8.18. The maximum Gasteiger partial charge on any atom is 0.237 e. The molecule has 9 rings (SSSR count). The lowest BCUT2D eigenvalue weighted by Crippen LogP contribution is -2.04. The first-order valence-corrected chi connectivity index (χ1v) is 14.1. The average molecular weight is 538 g/mol. The van der Waals surface area contributed by atoms with Crippen LogP contribution in [-0.2, 0) is 0 Å². The molecule has 0 amide bonds. The van der Waals surface area contributed by atoms with Crippen LogP contribution in [0.15, 0.2) is 140 Å². The molecule has 0 bridgehead atoms. The molecule has 4 heterocycles. The fourth-order valence-electron chi connectivity index (χ4n) is 6.41. The van der Waals surface area contributed by atoms with Gasteiger partial charge >= 0.3 is 0 Å². The fourth-order valence-corrected chi connectivity index (χ4v) is 6.41. The Hall–Kier alpha value is -5.81. The molecular weight excluding hydrogens is 514 g/mol. The van der Waals surface area contributed by atoms with Crippen molar-refractivity contribution < 1.29 is 0 Å². The lowest BCUT2D eigenvalue weighted by molar-refractivity contribution is 0.998. The van der Waals surface area contributed by atoms with E-state index in [4.69, 9.17) is 15.0 Å².